The zero-order valence-electron chi connectivity index (χ0n) is 10.8. The Hall–Kier alpha value is -1.78. The Morgan fingerprint density at radius 2 is 2.44 bits per heavy atom. The van der Waals surface area contributed by atoms with Crippen LogP contribution in [0.4, 0.5) is 5.82 Å². The highest BCUT2D eigenvalue weighted by Gasteiger charge is 2.34. The van der Waals surface area contributed by atoms with Crippen LogP contribution in [-0.2, 0) is 9.53 Å². The van der Waals surface area contributed by atoms with Crippen LogP contribution < -0.4 is 9.64 Å². The maximum atomic E-state index is 11.9. The number of ether oxygens (including phenoxy) is 2. The summed E-state index contributed by atoms with van der Waals surface area (Å²) in [6.45, 7) is 3.03. The SMILES string of the molecule is CCOC(=O)C1CCCN1c1ncccc1OC. The van der Waals surface area contributed by atoms with Crippen molar-refractivity contribution >= 4 is 11.8 Å². The Balaban J connectivity index is 2.23. The molecule has 2 heterocycles. The second-order valence-corrected chi connectivity index (χ2v) is 4.13. The number of hydrogen-bond acceptors (Lipinski definition) is 5. The number of esters is 1. The van der Waals surface area contributed by atoms with Crippen LogP contribution in [0.3, 0.4) is 0 Å². The smallest absolute Gasteiger partial charge is 0.328 e. The Labute approximate surface area is 107 Å². The molecule has 0 aromatic carbocycles. The van der Waals surface area contributed by atoms with E-state index in [1.54, 1.807) is 13.3 Å². The van der Waals surface area contributed by atoms with E-state index in [0.717, 1.165) is 25.2 Å². The lowest BCUT2D eigenvalue weighted by Gasteiger charge is -2.25. The van der Waals surface area contributed by atoms with E-state index in [0.29, 0.717) is 12.4 Å². The quantitative estimate of drug-likeness (QED) is 0.760. The van der Waals surface area contributed by atoms with Crippen LogP contribution in [0.25, 0.3) is 0 Å². The highest BCUT2D eigenvalue weighted by Crippen LogP contribution is 2.31. The van der Waals surface area contributed by atoms with Crippen molar-refractivity contribution < 1.29 is 14.3 Å². The fourth-order valence-corrected chi connectivity index (χ4v) is 2.26. The Morgan fingerprint density at radius 3 is 3.17 bits per heavy atom. The predicted molar refractivity (Wildman–Crippen MR) is 67.8 cm³/mol. The predicted octanol–water partition coefficient (Wildman–Crippen LogP) is 1.62. The summed E-state index contributed by atoms with van der Waals surface area (Å²) in [5, 5.41) is 0. The number of carbonyl (C=O) groups is 1. The summed E-state index contributed by atoms with van der Waals surface area (Å²) in [6, 6.07) is 3.43. The van der Waals surface area contributed by atoms with Gasteiger partial charge in [0.15, 0.2) is 11.6 Å². The molecular formula is C13H18N2O3. The van der Waals surface area contributed by atoms with Crippen molar-refractivity contribution in [3.8, 4) is 5.75 Å². The Kier molecular flexibility index (Phi) is 4.02. The van der Waals surface area contributed by atoms with E-state index in [9.17, 15) is 4.79 Å². The summed E-state index contributed by atoms with van der Waals surface area (Å²) >= 11 is 0. The summed E-state index contributed by atoms with van der Waals surface area (Å²) in [5.74, 6) is 1.23. The van der Waals surface area contributed by atoms with E-state index in [-0.39, 0.29) is 12.0 Å². The molecule has 0 radical (unpaired) electrons. The standard InChI is InChI=1S/C13H18N2O3/c1-3-18-13(16)10-6-5-9-15(10)12-11(17-2)7-4-8-14-12/h4,7-8,10H,3,5-6,9H2,1-2H3. The highest BCUT2D eigenvalue weighted by molar-refractivity contribution is 5.81. The first-order chi connectivity index (χ1) is 8.77. The molecular weight excluding hydrogens is 232 g/mol. The minimum absolute atomic E-state index is 0.178. The van der Waals surface area contributed by atoms with Gasteiger partial charge in [-0.3, -0.25) is 0 Å². The molecule has 18 heavy (non-hydrogen) atoms. The number of anilines is 1. The van der Waals surface area contributed by atoms with Gasteiger partial charge in [0.2, 0.25) is 0 Å². The number of pyridine rings is 1. The molecule has 1 atom stereocenters. The van der Waals surface area contributed by atoms with Gasteiger partial charge >= 0.3 is 5.97 Å². The first kappa shape index (κ1) is 12.7. The number of methoxy groups -OCH3 is 1. The van der Waals surface area contributed by atoms with Crippen LogP contribution in [0.5, 0.6) is 5.75 Å². The number of nitrogens with zero attached hydrogens (tertiary/aromatic N) is 2. The maximum absolute atomic E-state index is 11.9. The molecule has 0 N–H and O–H groups in total. The summed E-state index contributed by atoms with van der Waals surface area (Å²) < 4.78 is 10.4. The van der Waals surface area contributed by atoms with E-state index < -0.39 is 0 Å². The fourth-order valence-electron chi connectivity index (χ4n) is 2.26. The minimum atomic E-state index is -0.242. The average Bonchev–Trinajstić information content (AvgIpc) is 2.88. The second kappa shape index (κ2) is 5.71. The van der Waals surface area contributed by atoms with Gasteiger partial charge in [0.25, 0.3) is 0 Å². The van der Waals surface area contributed by atoms with Crippen molar-refractivity contribution in [3.05, 3.63) is 18.3 Å². The van der Waals surface area contributed by atoms with Gasteiger partial charge in [-0.2, -0.15) is 0 Å². The molecule has 98 valence electrons. The van der Waals surface area contributed by atoms with Crippen LogP contribution in [0.15, 0.2) is 18.3 Å². The number of rotatable bonds is 4. The van der Waals surface area contributed by atoms with Gasteiger partial charge in [0, 0.05) is 12.7 Å². The molecule has 0 aliphatic carbocycles. The summed E-state index contributed by atoms with van der Waals surface area (Å²) in [6.07, 6.45) is 3.47. The van der Waals surface area contributed by atoms with Crippen molar-refractivity contribution in [1.82, 2.24) is 4.98 Å². The molecule has 1 fully saturated rings. The van der Waals surface area contributed by atoms with Crippen molar-refractivity contribution in [2.75, 3.05) is 25.2 Å². The second-order valence-electron chi connectivity index (χ2n) is 4.13. The molecule has 5 nitrogen and oxygen atoms in total. The van der Waals surface area contributed by atoms with E-state index >= 15 is 0 Å². The highest BCUT2D eigenvalue weighted by atomic mass is 16.5. The van der Waals surface area contributed by atoms with Crippen LogP contribution >= 0.6 is 0 Å². The first-order valence-electron chi connectivity index (χ1n) is 6.20. The molecule has 1 unspecified atom stereocenters. The largest absolute Gasteiger partial charge is 0.493 e. The van der Waals surface area contributed by atoms with E-state index in [4.69, 9.17) is 9.47 Å². The zero-order valence-corrected chi connectivity index (χ0v) is 10.8. The van der Waals surface area contributed by atoms with Crippen molar-refractivity contribution in [3.63, 3.8) is 0 Å². The maximum Gasteiger partial charge on any atom is 0.328 e. The number of hydrogen-bond donors (Lipinski definition) is 0. The van der Waals surface area contributed by atoms with Gasteiger partial charge in [-0.25, -0.2) is 9.78 Å². The average molecular weight is 250 g/mol. The third kappa shape index (κ3) is 2.39. The number of carbonyl (C=O) groups excluding carboxylic acids is 1. The molecule has 1 aromatic heterocycles. The van der Waals surface area contributed by atoms with Crippen LogP contribution in [-0.4, -0.2) is 37.3 Å². The normalized spacial score (nSPS) is 18.8. The molecule has 2 rings (SSSR count). The van der Waals surface area contributed by atoms with E-state index in [1.165, 1.54) is 0 Å². The van der Waals surface area contributed by atoms with Crippen LogP contribution in [0, 0.1) is 0 Å². The lowest BCUT2D eigenvalue weighted by Crippen LogP contribution is -2.38. The Bertz CT molecular complexity index is 422. The van der Waals surface area contributed by atoms with Gasteiger partial charge in [-0.05, 0) is 31.9 Å². The van der Waals surface area contributed by atoms with Gasteiger partial charge in [0.05, 0.1) is 13.7 Å². The minimum Gasteiger partial charge on any atom is -0.493 e. The van der Waals surface area contributed by atoms with Crippen molar-refractivity contribution in [2.45, 2.75) is 25.8 Å². The molecule has 1 aliphatic heterocycles. The van der Waals surface area contributed by atoms with E-state index in [1.807, 2.05) is 24.0 Å². The van der Waals surface area contributed by atoms with Gasteiger partial charge < -0.3 is 14.4 Å². The zero-order chi connectivity index (χ0) is 13.0. The molecule has 1 aliphatic rings. The van der Waals surface area contributed by atoms with Crippen molar-refractivity contribution in [1.29, 1.82) is 0 Å². The van der Waals surface area contributed by atoms with Gasteiger partial charge in [-0.15, -0.1) is 0 Å². The number of aromatic nitrogens is 1. The molecule has 0 amide bonds. The Morgan fingerprint density at radius 1 is 1.61 bits per heavy atom. The van der Waals surface area contributed by atoms with Gasteiger partial charge in [0.1, 0.15) is 6.04 Å². The molecule has 1 aromatic rings. The van der Waals surface area contributed by atoms with Gasteiger partial charge in [-0.1, -0.05) is 0 Å². The first-order valence-corrected chi connectivity index (χ1v) is 6.20. The van der Waals surface area contributed by atoms with Crippen molar-refractivity contribution in [2.24, 2.45) is 0 Å². The lowest BCUT2D eigenvalue weighted by atomic mass is 10.2. The molecule has 0 spiro atoms. The summed E-state index contributed by atoms with van der Waals surface area (Å²) in [4.78, 5) is 18.2. The summed E-state index contributed by atoms with van der Waals surface area (Å²) in [7, 11) is 1.61. The monoisotopic (exact) mass is 250 g/mol. The third-order valence-corrected chi connectivity index (χ3v) is 3.05. The molecule has 5 heteroatoms. The van der Waals surface area contributed by atoms with Crippen LogP contribution in [0.1, 0.15) is 19.8 Å². The molecule has 0 saturated carbocycles. The van der Waals surface area contributed by atoms with E-state index in [2.05, 4.69) is 4.98 Å². The summed E-state index contributed by atoms with van der Waals surface area (Å²) in [5.41, 5.74) is 0. The molecule has 0 bridgehead atoms. The lowest BCUT2D eigenvalue weighted by molar-refractivity contribution is -0.144. The molecule has 1 saturated heterocycles. The topological polar surface area (TPSA) is 51.7 Å². The van der Waals surface area contributed by atoms with Crippen LogP contribution in [0.2, 0.25) is 0 Å². The third-order valence-electron chi connectivity index (χ3n) is 3.05. The fraction of sp³-hybridized carbons (Fsp3) is 0.538.